The summed E-state index contributed by atoms with van der Waals surface area (Å²) >= 11 is 7.21. The molecule has 0 aliphatic heterocycles. The molecule has 0 saturated heterocycles. The number of carbonyl (C=O) groups excluding carboxylic acids is 1. The molecule has 19 heavy (non-hydrogen) atoms. The maximum Gasteiger partial charge on any atom is 0.327 e. The molecule has 104 valence electrons. The summed E-state index contributed by atoms with van der Waals surface area (Å²) in [6.07, 6.45) is 0. The molecule has 4 nitrogen and oxygen atoms in total. The van der Waals surface area contributed by atoms with Crippen LogP contribution in [0.4, 0.5) is 4.39 Å². The molecule has 0 bridgehead atoms. The minimum Gasteiger partial charge on any atom is -0.480 e. The maximum absolute atomic E-state index is 12.9. The van der Waals surface area contributed by atoms with Gasteiger partial charge in [0.05, 0.1) is 5.56 Å². The van der Waals surface area contributed by atoms with Crippen LogP contribution in [0.3, 0.4) is 0 Å². The normalized spacial score (nSPS) is 12.9. The SMILES string of the molecule is CC(C)(S)C(NC(=O)c1ccc(F)cc1Br)C(=O)O. The fourth-order valence-electron chi connectivity index (χ4n) is 1.42. The van der Waals surface area contributed by atoms with Gasteiger partial charge in [0.1, 0.15) is 11.9 Å². The molecule has 0 saturated carbocycles. The number of benzene rings is 1. The van der Waals surface area contributed by atoms with Crippen LogP contribution in [0, 0.1) is 5.82 Å². The standard InChI is InChI=1S/C12H13BrFNO3S/c1-12(2,19)9(11(17)18)15-10(16)7-4-3-6(14)5-8(7)13/h3-5,9,19H,1-2H3,(H,15,16)(H,17,18). The second-order valence-electron chi connectivity index (χ2n) is 4.52. The fourth-order valence-corrected chi connectivity index (χ4v) is 2.13. The van der Waals surface area contributed by atoms with E-state index in [0.29, 0.717) is 0 Å². The van der Waals surface area contributed by atoms with Crippen LogP contribution in [0.2, 0.25) is 0 Å². The molecule has 7 heteroatoms. The molecule has 0 radical (unpaired) electrons. The van der Waals surface area contributed by atoms with Gasteiger partial charge in [-0.3, -0.25) is 4.79 Å². The number of halogens is 2. The van der Waals surface area contributed by atoms with Gasteiger partial charge in [-0.25, -0.2) is 9.18 Å². The first-order chi connectivity index (χ1) is 8.62. The Balaban J connectivity index is 2.98. The summed E-state index contributed by atoms with van der Waals surface area (Å²) in [4.78, 5) is 23.1. The van der Waals surface area contributed by atoms with Crippen LogP contribution >= 0.6 is 28.6 Å². The van der Waals surface area contributed by atoms with E-state index in [1.807, 2.05) is 0 Å². The number of thiol groups is 1. The van der Waals surface area contributed by atoms with Gasteiger partial charge in [0.25, 0.3) is 5.91 Å². The van der Waals surface area contributed by atoms with Crippen LogP contribution in [0.15, 0.2) is 22.7 Å². The number of carboxylic acid groups (broad SMARTS) is 1. The third-order valence-electron chi connectivity index (χ3n) is 2.40. The number of carboxylic acids is 1. The van der Waals surface area contributed by atoms with Gasteiger partial charge >= 0.3 is 5.97 Å². The zero-order chi connectivity index (χ0) is 14.8. The number of hydrogen-bond acceptors (Lipinski definition) is 3. The molecule has 0 aliphatic rings. The third-order valence-corrected chi connectivity index (χ3v) is 3.32. The highest BCUT2D eigenvalue weighted by atomic mass is 79.9. The second-order valence-corrected chi connectivity index (χ2v) is 6.53. The van der Waals surface area contributed by atoms with Crippen LogP contribution in [0.1, 0.15) is 24.2 Å². The van der Waals surface area contributed by atoms with Crippen LogP contribution in [0.5, 0.6) is 0 Å². The van der Waals surface area contributed by atoms with Gasteiger partial charge in [-0.1, -0.05) is 0 Å². The summed E-state index contributed by atoms with van der Waals surface area (Å²) in [6.45, 7) is 3.16. The summed E-state index contributed by atoms with van der Waals surface area (Å²) in [5, 5.41) is 11.4. The smallest absolute Gasteiger partial charge is 0.327 e. The summed E-state index contributed by atoms with van der Waals surface area (Å²) in [5.41, 5.74) is 0.158. The van der Waals surface area contributed by atoms with Crippen molar-refractivity contribution in [2.24, 2.45) is 0 Å². The minimum atomic E-state index is -1.19. The third kappa shape index (κ3) is 4.21. The lowest BCUT2D eigenvalue weighted by Gasteiger charge is -2.27. The van der Waals surface area contributed by atoms with Gasteiger partial charge in [0.2, 0.25) is 0 Å². The van der Waals surface area contributed by atoms with E-state index in [-0.39, 0.29) is 10.0 Å². The van der Waals surface area contributed by atoms with Crippen molar-refractivity contribution in [1.82, 2.24) is 5.32 Å². The quantitative estimate of drug-likeness (QED) is 0.731. The number of hydrogen-bond donors (Lipinski definition) is 3. The van der Waals surface area contributed by atoms with Gasteiger partial charge in [0.15, 0.2) is 0 Å². The van der Waals surface area contributed by atoms with E-state index in [1.165, 1.54) is 6.07 Å². The zero-order valence-electron chi connectivity index (χ0n) is 10.3. The Labute approximate surface area is 123 Å². The molecular formula is C12H13BrFNO3S. The number of nitrogens with one attached hydrogen (secondary N) is 1. The number of aliphatic carboxylic acids is 1. The monoisotopic (exact) mass is 349 g/mol. The van der Waals surface area contributed by atoms with Gasteiger partial charge in [-0.15, -0.1) is 0 Å². The molecule has 1 aromatic rings. The van der Waals surface area contributed by atoms with Gasteiger partial charge in [-0.2, -0.15) is 12.6 Å². The molecule has 0 aliphatic carbocycles. The van der Waals surface area contributed by atoms with E-state index in [0.717, 1.165) is 12.1 Å². The molecular weight excluding hydrogens is 337 g/mol. The molecule has 1 unspecified atom stereocenters. The topological polar surface area (TPSA) is 66.4 Å². The molecule has 0 aromatic heterocycles. The van der Waals surface area contributed by atoms with Crippen LogP contribution < -0.4 is 5.32 Å². The van der Waals surface area contributed by atoms with Crippen molar-refractivity contribution in [3.05, 3.63) is 34.1 Å². The molecule has 1 aromatic carbocycles. The van der Waals surface area contributed by atoms with Crippen molar-refractivity contribution in [1.29, 1.82) is 0 Å². The molecule has 1 atom stereocenters. The highest BCUT2D eigenvalue weighted by molar-refractivity contribution is 9.10. The molecule has 2 N–H and O–H groups in total. The average Bonchev–Trinajstić information content (AvgIpc) is 2.23. The van der Waals surface area contributed by atoms with Gasteiger partial charge in [-0.05, 0) is 48.0 Å². The number of carbonyl (C=O) groups is 2. The van der Waals surface area contributed by atoms with Crippen molar-refractivity contribution >= 4 is 40.4 Å². The lowest BCUT2D eigenvalue weighted by atomic mass is 10.0. The lowest BCUT2D eigenvalue weighted by Crippen LogP contribution is -2.51. The van der Waals surface area contributed by atoms with Crippen LogP contribution in [-0.2, 0) is 4.79 Å². The summed E-state index contributed by atoms with van der Waals surface area (Å²) < 4.78 is 12.2. The predicted octanol–water partition coefficient (Wildman–Crippen LogP) is 2.48. The largest absolute Gasteiger partial charge is 0.480 e. The first-order valence-electron chi connectivity index (χ1n) is 5.34. The van der Waals surface area contributed by atoms with Crippen LogP contribution in [0.25, 0.3) is 0 Å². The Bertz CT molecular complexity index is 516. The molecule has 1 rings (SSSR count). The Kier molecular flexibility index (Phi) is 4.98. The molecule has 0 spiro atoms. The van der Waals surface area contributed by atoms with Crippen molar-refractivity contribution in [2.75, 3.05) is 0 Å². The first-order valence-corrected chi connectivity index (χ1v) is 6.58. The van der Waals surface area contributed by atoms with Crippen molar-refractivity contribution < 1.29 is 19.1 Å². The van der Waals surface area contributed by atoms with E-state index in [2.05, 4.69) is 33.9 Å². The Morgan fingerprint density at radius 3 is 2.47 bits per heavy atom. The van der Waals surface area contributed by atoms with E-state index in [4.69, 9.17) is 5.11 Å². The van der Waals surface area contributed by atoms with Crippen LogP contribution in [-0.4, -0.2) is 27.8 Å². The molecule has 0 heterocycles. The average molecular weight is 350 g/mol. The molecule has 0 fully saturated rings. The maximum atomic E-state index is 12.9. The summed E-state index contributed by atoms with van der Waals surface area (Å²) in [6, 6.07) is 2.37. The lowest BCUT2D eigenvalue weighted by molar-refractivity contribution is -0.139. The minimum absolute atomic E-state index is 0.158. The Hall–Kier alpha value is -1.08. The van der Waals surface area contributed by atoms with Crippen molar-refractivity contribution in [2.45, 2.75) is 24.6 Å². The Morgan fingerprint density at radius 1 is 1.47 bits per heavy atom. The van der Waals surface area contributed by atoms with E-state index in [1.54, 1.807) is 13.8 Å². The van der Waals surface area contributed by atoms with Crippen molar-refractivity contribution in [3.8, 4) is 0 Å². The highest BCUT2D eigenvalue weighted by Gasteiger charge is 2.34. The second kappa shape index (κ2) is 5.92. The van der Waals surface area contributed by atoms with Crippen molar-refractivity contribution in [3.63, 3.8) is 0 Å². The van der Waals surface area contributed by atoms with E-state index in [9.17, 15) is 14.0 Å². The molecule has 1 amide bonds. The van der Waals surface area contributed by atoms with Gasteiger partial charge < -0.3 is 10.4 Å². The fraction of sp³-hybridized carbons (Fsp3) is 0.333. The van der Waals surface area contributed by atoms with Gasteiger partial charge in [0, 0.05) is 9.22 Å². The van der Waals surface area contributed by atoms with E-state index < -0.39 is 28.5 Å². The number of amides is 1. The Morgan fingerprint density at radius 2 is 2.05 bits per heavy atom. The highest BCUT2D eigenvalue weighted by Crippen LogP contribution is 2.21. The number of rotatable bonds is 4. The summed E-state index contributed by atoms with van der Waals surface area (Å²) in [5.74, 6) is -2.29. The first kappa shape index (κ1) is 16.0. The predicted molar refractivity (Wildman–Crippen MR) is 76.1 cm³/mol. The van der Waals surface area contributed by atoms with E-state index >= 15 is 0 Å². The summed E-state index contributed by atoms with van der Waals surface area (Å²) in [7, 11) is 0. The zero-order valence-corrected chi connectivity index (χ0v) is 12.8.